The molecular formula is C13H12ClN3. The summed E-state index contributed by atoms with van der Waals surface area (Å²) < 4.78 is 0. The maximum atomic E-state index is 6.17. The molecule has 0 fully saturated rings. The molecule has 1 atom stereocenters. The van der Waals surface area contributed by atoms with Crippen LogP contribution in [0.25, 0.3) is 0 Å². The summed E-state index contributed by atoms with van der Waals surface area (Å²) in [6, 6.07) is 4.13. The molecule has 0 spiro atoms. The van der Waals surface area contributed by atoms with E-state index in [1.54, 1.807) is 12.5 Å². The van der Waals surface area contributed by atoms with Gasteiger partial charge in [0.2, 0.25) is 0 Å². The van der Waals surface area contributed by atoms with Gasteiger partial charge < -0.3 is 0 Å². The summed E-state index contributed by atoms with van der Waals surface area (Å²) in [5, 5.41) is 0.635. The van der Waals surface area contributed by atoms with Gasteiger partial charge in [0.15, 0.2) is 0 Å². The average Bonchev–Trinajstić information content (AvgIpc) is 2.39. The van der Waals surface area contributed by atoms with Gasteiger partial charge in [-0.05, 0) is 30.9 Å². The normalized spacial score (nSPS) is 18.8. The summed E-state index contributed by atoms with van der Waals surface area (Å²) in [5.41, 5.74) is 3.35. The Balaban J connectivity index is 2.09. The van der Waals surface area contributed by atoms with Crippen LogP contribution in [0, 0.1) is 0 Å². The lowest BCUT2D eigenvalue weighted by Gasteiger charge is -2.24. The van der Waals surface area contributed by atoms with E-state index >= 15 is 0 Å². The topological polar surface area (TPSA) is 38.7 Å². The van der Waals surface area contributed by atoms with E-state index in [4.69, 9.17) is 11.6 Å². The van der Waals surface area contributed by atoms with E-state index < -0.39 is 0 Å². The van der Waals surface area contributed by atoms with Gasteiger partial charge in [-0.15, -0.1) is 0 Å². The number of fused-ring (bicyclic) bond motifs is 1. The van der Waals surface area contributed by atoms with E-state index in [0.29, 0.717) is 5.02 Å². The number of aryl methyl sites for hydroxylation is 1. The maximum Gasteiger partial charge on any atom is 0.115 e. The van der Waals surface area contributed by atoms with Crippen LogP contribution in [0.15, 0.2) is 30.9 Å². The number of aromatic nitrogens is 3. The van der Waals surface area contributed by atoms with Crippen molar-refractivity contribution >= 4 is 11.6 Å². The predicted molar refractivity (Wildman–Crippen MR) is 66.1 cm³/mol. The van der Waals surface area contributed by atoms with E-state index in [1.807, 2.05) is 12.3 Å². The third-order valence-electron chi connectivity index (χ3n) is 3.22. The molecule has 1 unspecified atom stereocenters. The summed E-state index contributed by atoms with van der Waals surface area (Å²) in [6.45, 7) is 0. The summed E-state index contributed by atoms with van der Waals surface area (Å²) in [6.07, 6.45) is 8.36. The van der Waals surface area contributed by atoms with E-state index in [9.17, 15) is 0 Å². The summed E-state index contributed by atoms with van der Waals surface area (Å²) in [5.74, 6) is 0.218. The van der Waals surface area contributed by atoms with E-state index in [1.165, 1.54) is 5.56 Å². The van der Waals surface area contributed by atoms with Gasteiger partial charge in [-0.1, -0.05) is 17.7 Å². The van der Waals surface area contributed by atoms with Gasteiger partial charge in [-0.3, -0.25) is 4.98 Å². The molecular weight excluding hydrogens is 234 g/mol. The molecule has 0 aromatic carbocycles. The van der Waals surface area contributed by atoms with Crippen molar-refractivity contribution in [3.63, 3.8) is 0 Å². The summed E-state index contributed by atoms with van der Waals surface area (Å²) >= 11 is 6.17. The van der Waals surface area contributed by atoms with Crippen LogP contribution in [-0.2, 0) is 6.42 Å². The molecule has 0 aliphatic heterocycles. The molecule has 0 N–H and O–H groups in total. The molecule has 2 heterocycles. The predicted octanol–water partition coefficient (Wildman–Crippen LogP) is 2.99. The number of hydrogen-bond acceptors (Lipinski definition) is 3. The van der Waals surface area contributed by atoms with Crippen LogP contribution in [0.3, 0.4) is 0 Å². The molecule has 1 aliphatic carbocycles. The first-order valence-electron chi connectivity index (χ1n) is 5.75. The number of halogens is 1. The van der Waals surface area contributed by atoms with Gasteiger partial charge in [0.05, 0.1) is 16.4 Å². The molecule has 1 aliphatic rings. The standard InChI is InChI=1S/C13H12ClN3/c14-11-7-15-8-17-13(11)10-5-1-3-9-4-2-6-16-12(9)10/h2,4,6-8,10H,1,3,5H2. The first-order valence-corrected chi connectivity index (χ1v) is 6.13. The first-order chi connectivity index (χ1) is 8.36. The zero-order valence-electron chi connectivity index (χ0n) is 9.31. The molecule has 0 radical (unpaired) electrons. The monoisotopic (exact) mass is 245 g/mol. The molecule has 3 rings (SSSR count). The lowest BCUT2D eigenvalue weighted by atomic mass is 9.84. The Hall–Kier alpha value is -1.48. The largest absolute Gasteiger partial charge is 0.260 e. The average molecular weight is 246 g/mol. The molecule has 2 aromatic rings. The second-order valence-electron chi connectivity index (χ2n) is 4.25. The Labute approximate surface area is 105 Å². The fourth-order valence-electron chi connectivity index (χ4n) is 2.45. The van der Waals surface area contributed by atoms with Crippen LogP contribution in [-0.4, -0.2) is 15.0 Å². The Morgan fingerprint density at radius 2 is 2.18 bits per heavy atom. The second kappa shape index (κ2) is 4.41. The zero-order valence-corrected chi connectivity index (χ0v) is 10.1. The van der Waals surface area contributed by atoms with E-state index in [-0.39, 0.29) is 5.92 Å². The molecule has 17 heavy (non-hydrogen) atoms. The second-order valence-corrected chi connectivity index (χ2v) is 4.66. The quantitative estimate of drug-likeness (QED) is 0.775. The Morgan fingerprint density at radius 3 is 3.06 bits per heavy atom. The molecule has 3 nitrogen and oxygen atoms in total. The minimum atomic E-state index is 0.218. The molecule has 86 valence electrons. The van der Waals surface area contributed by atoms with E-state index in [0.717, 1.165) is 30.7 Å². The number of hydrogen-bond donors (Lipinski definition) is 0. The summed E-state index contributed by atoms with van der Waals surface area (Å²) in [7, 11) is 0. The highest BCUT2D eigenvalue weighted by molar-refractivity contribution is 6.31. The molecule has 4 heteroatoms. The van der Waals surface area contributed by atoms with Crippen molar-refractivity contribution in [2.75, 3.05) is 0 Å². The Bertz CT molecular complexity index is 542. The fourth-order valence-corrected chi connectivity index (χ4v) is 2.69. The van der Waals surface area contributed by atoms with Crippen LogP contribution in [0.4, 0.5) is 0 Å². The van der Waals surface area contributed by atoms with Gasteiger partial charge in [-0.25, -0.2) is 9.97 Å². The van der Waals surface area contributed by atoms with Crippen LogP contribution < -0.4 is 0 Å². The maximum absolute atomic E-state index is 6.17. The smallest absolute Gasteiger partial charge is 0.115 e. The number of pyridine rings is 1. The summed E-state index contributed by atoms with van der Waals surface area (Å²) in [4.78, 5) is 12.7. The lowest BCUT2D eigenvalue weighted by molar-refractivity contribution is 0.586. The van der Waals surface area contributed by atoms with Crippen molar-refractivity contribution in [1.82, 2.24) is 15.0 Å². The van der Waals surface area contributed by atoms with Gasteiger partial charge in [0, 0.05) is 18.3 Å². The third kappa shape index (κ3) is 1.91. The highest BCUT2D eigenvalue weighted by atomic mass is 35.5. The first kappa shape index (κ1) is 10.7. The van der Waals surface area contributed by atoms with Crippen LogP contribution >= 0.6 is 11.6 Å². The zero-order chi connectivity index (χ0) is 11.7. The van der Waals surface area contributed by atoms with Crippen LogP contribution in [0.1, 0.15) is 35.7 Å². The third-order valence-corrected chi connectivity index (χ3v) is 3.51. The van der Waals surface area contributed by atoms with Crippen molar-refractivity contribution in [1.29, 1.82) is 0 Å². The van der Waals surface area contributed by atoms with Gasteiger partial charge in [0.1, 0.15) is 6.33 Å². The van der Waals surface area contributed by atoms with Gasteiger partial charge in [-0.2, -0.15) is 0 Å². The minimum absolute atomic E-state index is 0.218. The highest BCUT2D eigenvalue weighted by Crippen LogP contribution is 2.36. The molecule has 0 saturated heterocycles. The van der Waals surface area contributed by atoms with Crippen molar-refractivity contribution in [3.05, 3.63) is 52.8 Å². The molecule has 2 aromatic heterocycles. The minimum Gasteiger partial charge on any atom is -0.260 e. The van der Waals surface area contributed by atoms with Crippen molar-refractivity contribution in [2.45, 2.75) is 25.2 Å². The molecule has 0 bridgehead atoms. The van der Waals surface area contributed by atoms with Crippen molar-refractivity contribution in [3.8, 4) is 0 Å². The van der Waals surface area contributed by atoms with Gasteiger partial charge in [0.25, 0.3) is 0 Å². The van der Waals surface area contributed by atoms with Crippen molar-refractivity contribution < 1.29 is 0 Å². The van der Waals surface area contributed by atoms with Crippen LogP contribution in [0.2, 0.25) is 5.02 Å². The SMILES string of the molecule is Clc1cncnc1C1CCCc2cccnc21. The molecule has 0 saturated carbocycles. The van der Waals surface area contributed by atoms with Crippen molar-refractivity contribution in [2.24, 2.45) is 0 Å². The fraction of sp³-hybridized carbons (Fsp3) is 0.308. The lowest BCUT2D eigenvalue weighted by Crippen LogP contribution is -2.14. The van der Waals surface area contributed by atoms with Gasteiger partial charge >= 0.3 is 0 Å². The Morgan fingerprint density at radius 1 is 1.24 bits per heavy atom. The number of rotatable bonds is 1. The number of nitrogens with zero attached hydrogens (tertiary/aromatic N) is 3. The highest BCUT2D eigenvalue weighted by Gasteiger charge is 2.25. The van der Waals surface area contributed by atoms with Crippen LogP contribution in [0.5, 0.6) is 0 Å². The Kier molecular flexibility index (Phi) is 2.77. The molecule has 0 amide bonds. The van der Waals surface area contributed by atoms with E-state index in [2.05, 4.69) is 21.0 Å².